The number of nitrogens with one attached hydrogen (secondary N) is 2. The van der Waals surface area contributed by atoms with Crippen molar-refractivity contribution in [3.63, 3.8) is 0 Å². The van der Waals surface area contributed by atoms with E-state index in [4.69, 9.17) is 20.2 Å². The van der Waals surface area contributed by atoms with Crippen LogP contribution in [0.2, 0.25) is 0 Å². The average Bonchev–Trinajstić information content (AvgIpc) is 4.19. The van der Waals surface area contributed by atoms with E-state index in [1.165, 1.54) is 6.42 Å². The first-order chi connectivity index (χ1) is 32.6. The second kappa shape index (κ2) is 16.0. The molecule has 0 radical (unpaired) electrons. The van der Waals surface area contributed by atoms with Gasteiger partial charge < -0.3 is 29.6 Å². The largest absolute Gasteiger partial charge is 0.341 e. The SMILES string of the molecule is CNC(=O)N1CCn2c(C3CCC3)nc(-c3ccc4c(c3)c(-c3cnn(C)c3)nn4CCN3CC(c4nc(-c5ccc6c(c5)c(-c5cnn(C)c5)nn6C)c5n4CCN(C(=O)NC)C5)C3)c2C1. The predicted octanol–water partition coefficient (Wildman–Crippen LogP) is 5.13. The molecule has 8 aromatic rings. The number of hydrogen-bond donors (Lipinski definition) is 2. The highest BCUT2D eigenvalue weighted by Gasteiger charge is 2.37. The molecule has 344 valence electrons. The Morgan fingerprint density at radius 1 is 0.627 bits per heavy atom. The molecule has 9 heterocycles. The number of rotatable bonds is 9. The summed E-state index contributed by atoms with van der Waals surface area (Å²) in [5.74, 6) is 2.95. The summed E-state index contributed by atoms with van der Waals surface area (Å²) in [6.07, 6.45) is 11.3. The van der Waals surface area contributed by atoms with Crippen LogP contribution in [-0.2, 0) is 53.9 Å². The molecule has 4 amide bonds. The Hall–Kier alpha value is -7.28. The van der Waals surface area contributed by atoms with E-state index in [9.17, 15) is 9.59 Å². The standard InChI is InChI=1S/C48H55N17O2/c1-49-47(66)61-14-16-63-39(27-61)43(53-45(63)29-7-6-8-29)31-10-12-38-36(20-31)42(33-22-52-58(4)24-33)56-65(38)18-13-60-25-34(26-60)46-54-44(40-28-62(48(67)50-2)15-17-64(40)46)30-9-11-37-35(19-30)41(55-59(37)5)32-21-51-57(3)23-32/h9-12,19-24,29,34H,6-8,13-18,25-28H2,1-5H3,(H,49,66)(H,50,67). The summed E-state index contributed by atoms with van der Waals surface area (Å²) < 4.78 is 12.4. The minimum Gasteiger partial charge on any atom is -0.341 e. The number of carbonyl (C=O) groups is 2. The van der Waals surface area contributed by atoms with Crippen LogP contribution in [0.3, 0.4) is 0 Å². The van der Waals surface area contributed by atoms with Crippen molar-refractivity contribution in [2.75, 3.05) is 46.8 Å². The lowest BCUT2D eigenvalue weighted by Gasteiger charge is -2.39. The van der Waals surface area contributed by atoms with E-state index in [2.05, 4.69) is 75.9 Å². The first kappa shape index (κ1) is 41.2. The van der Waals surface area contributed by atoms with Crippen LogP contribution >= 0.6 is 0 Å². The number of nitrogens with zero attached hydrogens (tertiary/aromatic N) is 15. The van der Waals surface area contributed by atoms with Crippen molar-refractivity contribution < 1.29 is 9.59 Å². The van der Waals surface area contributed by atoms with Gasteiger partial charge in [-0.2, -0.15) is 20.4 Å². The van der Waals surface area contributed by atoms with Crippen LogP contribution in [0.25, 0.3) is 66.8 Å². The topological polar surface area (TPSA) is 175 Å². The predicted molar refractivity (Wildman–Crippen MR) is 253 cm³/mol. The first-order valence-corrected chi connectivity index (χ1v) is 23.4. The summed E-state index contributed by atoms with van der Waals surface area (Å²) in [7, 11) is 9.19. The number of imidazole rings is 2. The first-order valence-electron chi connectivity index (χ1n) is 23.4. The molecule has 1 saturated heterocycles. The normalized spacial score (nSPS) is 16.7. The fourth-order valence-corrected chi connectivity index (χ4v) is 10.8. The number of carbonyl (C=O) groups excluding carboxylic acids is 2. The van der Waals surface area contributed by atoms with Gasteiger partial charge in [-0.1, -0.05) is 18.6 Å². The highest BCUT2D eigenvalue weighted by Crippen LogP contribution is 2.42. The summed E-state index contributed by atoms with van der Waals surface area (Å²) in [6.45, 7) is 7.01. The number of hydrogen-bond acceptors (Lipinski definition) is 9. The highest BCUT2D eigenvalue weighted by atomic mass is 16.2. The fraction of sp³-hybridized carbons (Fsp3) is 0.417. The number of likely N-dealkylation sites (tertiary alicyclic amines) is 1. The Bertz CT molecular complexity index is 3240. The summed E-state index contributed by atoms with van der Waals surface area (Å²) in [6, 6.07) is 12.9. The zero-order valence-corrected chi connectivity index (χ0v) is 38.6. The van der Waals surface area contributed by atoms with Crippen molar-refractivity contribution in [1.82, 2.24) is 83.6 Å². The number of fused-ring (bicyclic) bond motifs is 4. The van der Waals surface area contributed by atoms with Crippen LogP contribution in [-0.4, -0.2) is 132 Å². The molecule has 19 heteroatoms. The molecule has 2 aromatic carbocycles. The van der Waals surface area contributed by atoms with E-state index in [0.29, 0.717) is 45.2 Å². The van der Waals surface area contributed by atoms with Gasteiger partial charge in [0.15, 0.2) is 0 Å². The van der Waals surface area contributed by atoms with Crippen LogP contribution in [0, 0.1) is 0 Å². The number of aryl methyl sites for hydroxylation is 3. The van der Waals surface area contributed by atoms with Crippen molar-refractivity contribution in [2.45, 2.75) is 63.8 Å². The summed E-state index contributed by atoms with van der Waals surface area (Å²) in [4.78, 5) is 42.8. The third kappa shape index (κ3) is 6.88. The lowest BCUT2D eigenvalue weighted by atomic mass is 9.85. The van der Waals surface area contributed by atoms with Crippen LogP contribution in [0.1, 0.15) is 54.1 Å². The van der Waals surface area contributed by atoms with Gasteiger partial charge in [0, 0.05) is 138 Å². The molecular weight excluding hydrogens is 847 g/mol. The molecule has 67 heavy (non-hydrogen) atoms. The van der Waals surface area contributed by atoms with Crippen molar-refractivity contribution in [3.8, 4) is 45.0 Å². The molecule has 4 aliphatic rings. The molecule has 1 saturated carbocycles. The Labute approximate surface area is 386 Å². The van der Waals surface area contributed by atoms with Crippen LogP contribution in [0.15, 0.2) is 61.2 Å². The third-order valence-electron chi connectivity index (χ3n) is 14.6. The Morgan fingerprint density at radius 2 is 1.16 bits per heavy atom. The Morgan fingerprint density at radius 3 is 1.69 bits per heavy atom. The number of benzene rings is 2. The van der Waals surface area contributed by atoms with E-state index in [1.54, 1.807) is 18.8 Å². The minimum absolute atomic E-state index is 0.0640. The molecule has 0 unspecified atom stereocenters. The van der Waals surface area contributed by atoms with Gasteiger partial charge in [0.25, 0.3) is 0 Å². The molecule has 19 nitrogen and oxygen atoms in total. The van der Waals surface area contributed by atoms with Crippen molar-refractivity contribution >= 4 is 33.9 Å². The van der Waals surface area contributed by atoms with Gasteiger partial charge in [-0.25, -0.2) is 19.6 Å². The zero-order valence-electron chi connectivity index (χ0n) is 38.6. The molecule has 6 aromatic heterocycles. The smallest absolute Gasteiger partial charge is 0.317 e. The number of urea groups is 2. The van der Waals surface area contributed by atoms with E-state index in [-0.39, 0.29) is 18.0 Å². The molecule has 2 fully saturated rings. The number of aromatic nitrogens is 12. The molecule has 0 bridgehead atoms. The van der Waals surface area contributed by atoms with E-state index in [0.717, 1.165) is 129 Å². The molecule has 12 rings (SSSR count). The highest BCUT2D eigenvalue weighted by molar-refractivity contribution is 5.97. The van der Waals surface area contributed by atoms with Gasteiger partial charge >= 0.3 is 12.1 Å². The zero-order chi connectivity index (χ0) is 45.7. The van der Waals surface area contributed by atoms with E-state index >= 15 is 0 Å². The second-order valence-electron chi connectivity index (χ2n) is 18.7. The quantitative estimate of drug-likeness (QED) is 0.199. The van der Waals surface area contributed by atoms with Gasteiger partial charge in [0.2, 0.25) is 0 Å². The van der Waals surface area contributed by atoms with Crippen molar-refractivity contribution in [2.24, 2.45) is 21.1 Å². The van der Waals surface area contributed by atoms with Crippen LogP contribution in [0.5, 0.6) is 0 Å². The minimum atomic E-state index is -0.0850. The molecule has 0 spiro atoms. The lowest BCUT2D eigenvalue weighted by Crippen LogP contribution is -2.48. The van der Waals surface area contributed by atoms with Crippen molar-refractivity contribution in [3.05, 3.63) is 84.2 Å². The van der Waals surface area contributed by atoms with Crippen LogP contribution < -0.4 is 10.6 Å². The average molecular weight is 902 g/mol. The van der Waals surface area contributed by atoms with E-state index in [1.807, 2.05) is 65.1 Å². The number of amides is 4. The third-order valence-corrected chi connectivity index (χ3v) is 14.6. The molecule has 0 atom stereocenters. The van der Waals surface area contributed by atoms with Gasteiger partial charge in [-0.05, 0) is 37.1 Å². The molecule has 2 N–H and O–H groups in total. The summed E-state index contributed by atoms with van der Waals surface area (Å²) in [5, 5.41) is 26.8. The molecule has 3 aliphatic heterocycles. The van der Waals surface area contributed by atoms with Crippen LogP contribution in [0.4, 0.5) is 9.59 Å². The molecule has 1 aliphatic carbocycles. The maximum Gasteiger partial charge on any atom is 0.317 e. The van der Waals surface area contributed by atoms with Gasteiger partial charge in [0.1, 0.15) is 23.0 Å². The maximum atomic E-state index is 13.0. The monoisotopic (exact) mass is 901 g/mol. The Kier molecular flexibility index (Phi) is 9.81. The lowest BCUT2D eigenvalue weighted by molar-refractivity contribution is 0.132. The van der Waals surface area contributed by atoms with Gasteiger partial charge in [-0.15, -0.1) is 0 Å². The van der Waals surface area contributed by atoms with Crippen molar-refractivity contribution in [1.29, 1.82) is 0 Å². The van der Waals surface area contributed by atoms with Gasteiger partial charge in [0.05, 0.1) is 65.8 Å². The Balaban J connectivity index is 0.827. The van der Waals surface area contributed by atoms with E-state index < -0.39 is 0 Å². The summed E-state index contributed by atoms with van der Waals surface area (Å²) >= 11 is 0. The summed E-state index contributed by atoms with van der Waals surface area (Å²) in [5.41, 5.74) is 11.8. The molecular formula is C48H55N17O2. The fourth-order valence-electron chi connectivity index (χ4n) is 10.8. The van der Waals surface area contributed by atoms with Gasteiger partial charge in [-0.3, -0.25) is 23.6 Å². The maximum absolute atomic E-state index is 13.0. The second-order valence-corrected chi connectivity index (χ2v) is 18.7.